The van der Waals surface area contributed by atoms with E-state index < -0.39 is 0 Å². The summed E-state index contributed by atoms with van der Waals surface area (Å²) in [5.41, 5.74) is 1.70. The van der Waals surface area contributed by atoms with Crippen LogP contribution in [0.4, 0.5) is 0 Å². The first-order valence-corrected chi connectivity index (χ1v) is 5.31. The minimum atomic E-state index is 0.683. The highest BCUT2D eigenvalue weighted by molar-refractivity contribution is 7.99. The molecular formula is C9H8ClNOS. The molecule has 1 heterocycles. The summed E-state index contributed by atoms with van der Waals surface area (Å²) in [4.78, 5) is 1.14. The Labute approximate surface area is 85.6 Å². The molecule has 0 saturated carbocycles. The summed E-state index contributed by atoms with van der Waals surface area (Å²) < 4.78 is 0. The van der Waals surface area contributed by atoms with Crippen molar-refractivity contribution in [2.75, 3.05) is 5.75 Å². The number of nitrogens with zero attached hydrogens (tertiary/aromatic N) is 1. The van der Waals surface area contributed by atoms with E-state index in [1.807, 2.05) is 18.2 Å². The lowest BCUT2D eigenvalue weighted by molar-refractivity contribution is 0.318. The first-order valence-electron chi connectivity index (χ1n) is 3.95. The molecule has 0 amide bonds. The van der Waals surface area contributed by atoms with Crippen molar-refractivity contribution in [2.24, 2.45) is 5.16 Å². The summed E-state index contributed by atoms with van der Waals surface area (Å²) >= 11 is 7.62. The van der Waals surface area contributed by atoms with Crippen molar-refractivity contribution < 1.29 is 5.21 Å². The van der Waals surface area contributed by atoms with Crippen LogP contribution in [0, 0.1) is 0 Å². The number of benzene rings is 1. The van der Waals surface area contributed by atoms with Crippen LogP contribution in [-0.2, 0) is 0 Å². The Morgan fingerprint density at radius 1 is 1.46 bits per heavy atom. The van der Waals surface area contributed by atoms with Gasteiger partial charge in [-0.15, -0.1) is 11.8 Å². The van der Waals surface area contributed by atoms with Gasteiger partial charge < -0.3 is 5.21 Å². The molecule has 1 aliphatic heterocycles. The van der Waals surface area contributed by atoms with E-state index in [9.17, 15) is 0 Å². The summed E-state index contributed by atoms with van der Waals surface area (Å²) in [5, 5.41) is 12.7. The highest BCUT2D eigenvalue weighted by atomic mass is 35.5. The minimum absolute atomic E-state index is 0.683. The van der Waals surface area contributed by atoms with Crippen molar-refractivity contribution in [1.82, 2.24) is 0 Å². The Bertz CT molecular complexity index is 365. The van der Waals surface area contributed by atoms with Crippen LogP contribution in [0.2, 0.25) is 5.02 Å². The third kappa shape index (κ3) is 1.67. The lowest BCUT2D eigenvalue weighted by Gasteiger charge is -2.15. The molecule has 4 heteroatoms. The van der Waals surface area contributed by atoms with Gasteiger partial charge in [0.25, 0.3) is 0 Å². The van der Waals surface area contributed by atoms with Crippen LogP contribution in [0.3, 0.4) is 0 Å². The smallest absolute Gasteiger partial charge is 0.0887 e. The van der Waals surface area contributed by atoms with Crippen LogP contribution in [-0.4, -0.2) is 16.7 Å². The number of rotatable bonds is 0. The maximum absolute atomic E-state index is 8.76. The summed E-state index contributed by atoms with van der Waals surface area (Å²) in [6.07, 6.45) is 0.800. The van der Waals surface area contributed by atoms with Gasteiger partial charge in [0.2, 0.25) is 0 Å². The van der Waals surface area contributed by atoms with Gasteiger partial charge in [0.1, 0.15) is 0 Å². The van der Waals surface area contributed by atoms with Crippen molar-refractivity contribution >= 4 is 29.1 Å². The Kier molecular flexibility index (Phi) is 2.47. The zero-order valence-corrected chi connectivity index (χ0v) is 8.40. The third-order valence-electron chi connectivity index (χ3n) is 1.97. The number of oxime groups is 1. The summed E-state index contributed by atoms with van der Waals surface area (Å²) in [6.45, 7) is 0. The number of halogens is 1. The van der Waals surface area contributed by atoms with Crippen LogP contribution in [0.1, 0.15) is 12.0 Å². The second-order valence-electron chi connectivity index (χ2n) is 2.79. The van der Waals surface area contributed by atoms with E-state index in [-0.39, 0.29) is 0 Å². The average molecular weight is 214 g/mol. The zero-order valence-electron chi connectivity index (χ0n) is 6.83. The molecule has 1 aliphatic rings. The van der Waals surface area contributed by atoms with Crippen molar-refractivity contribution in [1.29, 1.82) is 0 Å². The largest absolute Gasteiger partial charge is 0.411 e. The average Bonchev–Trinajstić information content (AvgIpc) is 2.17. The van der Waals surface area contributed by atoms with Gasteiger partial charge in [-0.25, -0.2) is 0 Å². The van der Waals surface area contributed by atoms with Crippen LogP contribution in [0.25, 0.3) is 0 Å². The van der Waals surface area contributed by atoms with Gasteiger partial charge in [0, 0.05) is 27.7 Å². The van der Waals surface area contributed by atoms with Gasteiger partial charge >= 0.3 is 0 Å². The number of thioether (sulfide) groups is 1. The Morgan fingerprint density at radius 3 is 3.08 bits per heavy atom. The number of fused-ring (bicyclic) bond motifs is 1. The molecule has 0 aliphatic carbocycles. The number of hydrogen-bond acceptors (Lipinski definition) is 3. The molecule has 0 radical (unpaired) electrons. The standard InChI is InChI=1S/C9H8ClNOS/c10-6-1-2-9-7(5-6)8(11-12)3-4-13-9/h1-2,5,12H,3-4H2/b11-8-. The molecule has 13 heavy (non-hydrogen) atoms. The van der Waals surface area contributed by atoms with E-state index in [1.54, 1.807) is 11.8 Å². The molecule has 2 nitrogen and oxygen atoms in total. The third-order valence-corrected chi connectivity index (χ3v) is 3.28. The highest BCUT2D eigenvalue weighted by Crippen LogP contribution is 2.31. The molecule has 1 aromatic carbocycles. The van der Waals surface area contributed by atoms with Crippen molar-refractivity contribution in [3.63, 3.8) is 0 Å². The maximum Gasteiger partial charge on any atom is 0.0887 e. The SMILES string of the molecule is O/N=C1/CCSc2ccc(Cl)cc21. The maximum atomic E-state index is 8.76. The van der Waals surface area contributed by atoms with Gasteiger partial charge in [0.15, 0.2) is 0 Å². The molecular weight excluding hydrogens is 206 g/mol. The van der Waals surface area contributed by atoms with Gasteiger partial charge in [-0.2, -0.15) is 0 Å². The molecule has 0 bridgehead atoms. The lowest BCUT2D eigenvalue weighted by Crippen LogP contribution is -2.09. The molecule has 1 aromatic rings. The minimum Gasteiger partial charge on any atom is -0.411 e. The van der Waals surface area contributed by atoms with Crippen LogP contribution < -0.4 is 0 Å². The molecule has 0 atom stereocenters. The molecule has 1 N–H and O–H groups in total. The molecule has 0 aromatic heterocycles. The van der Waals surface area contributed by atoms with Gasteiger partial charge in [0.05, 0.1) is 5.71 Å². The van der Waals surface area contributed by atoms with Gasteiger partial charge in [-0.05, 0) is 18.2 Å². The van der Waals surface area contributed by atoms with E-state index >= 15 is 0 Å². The fourth-order valence-electron chi connectivity index (χ4n) is 1.35. The first kappa shape index (κ1) is 8.91. The fourth-order valence-corrected chi connectivity index (χ4v) is 2.53. The van der Waals surface area contributed by atoms with Crippen molar-refractivity contribution in [3.05, 3.63) is 28.8 Å². The van der Waals surface area contributed by atoms with Crippen LogP contribution >= 0.6 is 23.4 Å². The van der Waals surface area contributed by atoms with E-state index in [4.69, 9.17) is 16.8 Å². The predicted octanol–water partition coefficient (Wildman–Crippen LogP) is 3.01. The second kappa shape index (κ2) is 3.60. The van der Waals surface area contributed by atoms with E-state index in [0.29, 0.717) is 5.02 Å². The Hall–Kier alpha value is -0.670. The van der Waals surface area contributed by atoms with Gasteiger partial charge in [-0.3, -0.25) is 0 Å². The fraction of sp³-hybridized carbons (Fsp3) is 0.222. The molecule has 0 saturated heterocycles. The Balaban J connectivity index is 2.54. The van der Waals surface area contributed by atoms with Crippen molar-refractivity contribution in [2.45, 2.75) is 11.3 Å². The topological polar surface area (TPSA) is 32.6 Å². The molecule has 2 rings (SSSR count). The quantitative estimate of drug-likeness (QED) is 0.531. The summed E-state index contributed by atoms with van der Waals surface area (Å²) in [5.74, 6) is 0.966. The monoisotopic (exact) mass is 213 g/mol. The van der Waals surface area contributed by atoms with E-state index in [0.717, 1.165) is 28.3 Å². The normalized spacial score (nSPS) is 18.7. The highest BCUT2D eigenvalue weighted by Gasteiger charge is 2.16. The van der Waals surface area contributed by atoms with E-state index in [1.165, 1.54) is 0 Å². The molecule has 68 valence electrons. The predicted molar refractivity (Wildman–Crippen MR) is 55.1 cm³/mol. The van der Waals surface area contributed by atoms with Gasteiger partial charge in [-0.1, -0.05) is 16.8 Å². The summed E-state index contributed by atoms with van der Waals surface area (Å²) in [7, 11) is 0. The summed E-state index contributed by atoms with van der Waals surface area (Å²) in [6, 6.07) is 5.67. The second-order valence-corrected chi connectivity index (χ2v) is 4.36. The molecule has 0 spiro atoms. The number of hydrogen-bond donors (Lipinski definition) is 1. The lowest BCUT2D eigenvalue weighted by atomic mass is 10.1. The first-order chi connectivity index (χ1) is 6.31. The zero-order chi connectivity index (χ0) is 9.26. The molecule has 0 fully saturated rings. The molecule has 0 unspecified atom stereocenters. The Morgan fingerprint density at radius 2 is 2.31 bits per heavy atom. The van der Waals surface area contributed by atoms with Crippen LogP contribution in [0.15, 0.2) is 28.3 Å². The van der Waals surface area contributed by atoms with E-state index in [2.05, 4.69) is 5.16 Å². The van der Waals surface area contributed by atoms with Crippen molar-refractivity contribution in [3.8, 4) is 0 Å². The van der Waals surface area contributed by atoms with Crippen LogP contribution in [0.5, 0.6) is 0 Å².